The number of nitrogens with one attached hydrogen (secondary N) is 1. The van der Waals surface area contributed by atoms with E-state index in [9.17, 15) is 31.5 Å². The third-order valence-corrected chi connectivity index (χ3v) is 9.03. The Kier molecular flexibility index (Phi) is 6.99. The summed E-state index contributed by atoms with van der Waals surface area (Å²) >= 11 is 0. The number of esters is 1. The SMILES string of the molecule is CCCn1c(C(=O)O)ccc1-c1cccc(S(=O)(=O)NS(=O)(=O)N2CC(=O)Oc3c(OC)cccc32)c1. The maximum atomic E-state index is 13.2. The number of sulfonamides is 1. The summed E-state index contributed by atoms with van der Waals surface area (Å²) in [6.07, 6.45) is 0.629. The molecule has 0 fully saturated rings. The summed E-state index contributed by atoms with van der Waals surface area (Å²) in [5, 5.41) is 9.47. The van der Waals surface area contributed by atoms with E-state index in [4.69, 9.17) is 9.47 Å². The highest BCUT2D eigenvalue weighted by Crippen LogP contribution is 2.41. The van der Waals surface area contributed by atoms with Gasteiger partial charge in [-0.2, -0.15) is 8.42 Å². The first-order chi connectivity index (χ1) is 17.5. The van der Waals surface area contributed by atoms with Gasteiger partial charge in [-0.1, -0.05) is 29.3 Å². The number of hydrogen-bond donors (Lipinski definition) is 2. The van der Waals surface area contributed by atoms with E-state index >= 15 is 0 Å². The average Bonchev–Trinajstić information content (AvgIpc) is 3.27. The summed E-state index contributed by atoms with van der Waals surface area (Å²) in [6, 6.07) is 12.7. The summed E-state index contributed by atoms with van der Waals surface area (Å²) in [5.41, 5.74) is 0.794. The summed E-state index contributed by atoms with van der Waals surface area (Å²) in [6.45, 7) is 1.49. The predicted octanol–water partition coefficient (Wildman–Crippen LogP) is 2.22. The maximum absolute atomic E-state index is 13.2. The van der Waals surface area contributed by atoms with Crippen molar-refractivity contribution in [2.75, 3.05) is 18.0 Å². The molecular weight excluding hydrogens is 526 g/mol. The van der Waals surface area contributed by atoms with Gasteiger partial charge in [0.05, 0.1) is 12.0 Å². The van der Waals surface area contributed by atoms with Crippen molar-refractivity contribution < 1.29 is 41.0 Å². The largest absolute Gasteiger partial charge is 0.493 e. The fourth-order valence-corrected chi connectivity index (χ4v) is 7.02. The molecule has 0 aliphatic carbocycles. The van der Waals surface area contributed by atoms with E-state index in [-0.39, 0.29) is 27.8 Å². The smallest absolute Gasteiger partial charge is 0.352 e. The Balaban J connectivity index is 1.70. The number of carboxylic acid groups (broad SMARTS) is 1. The monoisotopic (exact) mass is 549 g/mol. The summed E-state index contributed by atoms with van der Waals surface area (Å²) in [4.78, 5) is 23.3. The molecule has 2 aromatic carbocycles. The first-order valence-corrected chi connectivity index (χ1v) is 13.9. The van der Waals surface area contributed by atoms with Gasteiger partial charge in [0, 0.05) is 12.2 Å². The Morgan fingerprint density at radius 3 is 2.51 bits per heavy atom. The number of hydrogen-bond acceptors (Lipinski definition) is 8. The van der Waals surface area contributed by atoms with Crippen molar-refractivity contribution in [3.8, 4) is 22.8 Å². The first-order valence-electron chi connectivity index (χ1n) is 11.0. The van der Waals surface area contributed by atoms with Gasteiger partial charge in [-0.15, -0.1) is 0 Å². The lowest BCUT2D eigenvalue weighted by Gasteiger charge is -2.29. The van der Waals surface area contributed by atoms with Gasteiger partial charge >= 0.3 is 22.1 Å². The summed E-state index contributed by atoms with van der Waals surface area (Å²) < 4.78 is 66.7. The molecule has 0 spiro atoms. The molecule has 1 aromatic heterocycles. The number of ether oxygens (including phenoxy) is 2. The number of carbonyl (C=O) groups is 2. The van der Waals surface area contributed by atoms with Crippen molar-refractivity contribution in [1.29, 1.82) is 0 Å². The van der Waals surface area contributed by atoms with E-state index in [2.05, 4.69) is 0 Å². The quantitative estimate of drug-likeness (QED) is 0.301. The highest BCUT2D eigenvalue weighted by atomic mass is 32.3. The number of aromatic nitrogens is 1. The van der Waals surface area contributed by atoms with Gasteiger partial charge in [0.15, 0.2) is 11.5 Å². The van der Waals surface area contributed by atoms with Crippen LogP contribution in [0.15, 0.2) is 59.5 Å². The molecule has 1 aliphatic rings. The van der Waals surface area contributed by atoms with E-state index in [0.29, 0.717) is 28.5 Å². The number of para-hydroxylation sites is 1. The molecule has 0 amide bonds. The lowest BCUT2D eigenvalue weighted by molar-refractivity contribution is -0.133. The highest BCUT2D eigenvalue weighted by molar-refractivity contribution is 8.05. The number of anilines is 1. The Morgan fingerprint density at radius 1 is 1.11 bits per heavy atom. The standard InChI is InChI=1S/C23H23N3O9S2/c1-3-12-25-17(10-11-19(25)23(28)29)15-6-4-7-16(13-15)36(30,31)24-37(32,33)26-14-21(27)35-22-18(26)8-5-9-20(22)34-2/h4-11,13,24H,3,12,14H2,1-2H3,(H,28,29). The third kappa shape index (κ3) is 5.03. The summed E-state index contributed by atoms with van der Waals surface area (Å²) in [7, 11) is -8.15. The van der Waals surface area contributed by atoms with Crippen molar-refractivity contribution in [3.05, 3.63) is 60.3 Å². The highest BCUT2D eigenvalue weighted by Gasteiger charge is 2.37. The summed E-state index contributed by atoms with van der Waals surface area (Å²) in [5.74, 6) is -2.12. The number of rotatable bonds is 9. The predicted molar refractivity (Wildman–Crippen MR) is 132 cm³/mol. The molecule has 0 atom stereocenters. The number of aromatic carboxylic acids is 1. The van der Waals surface area contributed by atoms with Crippen LogP contribution in [0.4, 0.5) is 5.69 Å². The number of fused-ring (bicyclic) bond motifs is 1. The normalized spacial score (nSPS) is 13.7. The molecule has 1 aliphatic heterocycles. The average molecular weight is 550 g/mol. The van der Waals surface area contributed by atoms with Crippen molar-refractivity contribution in [2.45, 2.75) is 24.8 Å². The zero-order chi connectivity index (χ0) is 27.0. The van der Waals surface area contributed by atoms with Gasteiger partial charge < -0.3 is 19.1 Å². The molecule has 2 N–H and O–H groups in total. The van der Waals surface area contributed by atoms with Crippen LogP contribution in [0.3, 0.4) is 0 Å². The fourth-order valence-electron chi connectivity index (χ4n) is 3.95. The minimum atomic E-state index is -4.81. The Bertz CT molecular complexity index is 1600. The van der Waals surface area contributed by atoms with Gasteiger partial charge in [0.1, 0.15) is 17.9 Å². The van der Waals surface area contributed by atoms with Crippen LogP contribution in [0.1, 0.15) is 23.8 Å². The topological polar surface area (TPSA) is 161 Å². The number of methoxy groups -OCH3 is 1. The zero-order valence-electron chi connectivity index (χ0n) is 19.7. The molecule has 196 valence electrons. The van der Waals surface area contributed by atoms with E-state index in [1.54, 1.807) is 20.8 Å². The van der Waals surface area contributed by atoms with Crippen molar-refractivity contribution in [2.24, 2.45) is 0 Å². The van der Waals surface area contributed by atoms with Gasteiger partial charge in [-0.05, 0) is 48.4 Å². The minimum Gasteiger partial charge on any atom is -0.493 e. The molecule has 0 bridgehead atoms. The number of benzene rings is 2. The van der Waals surface area contributed by atoms with E-state index < -0.39 is 38.7 Å². The van der Waals surface area contributed by atoms with Gasteiger partial charge in [0.2, 0.25) is 0 Å². The second-order valence-electron chi connectivity index (χ2n) is 7.97. The second-order valence-corrected chi connectivity index (χ2v) is 11.5. The minimum absolute atomic E-state index is 0.0388. The van der Waals surface area contributed by atoms with Crippen LogP contribution < -0.4 is 17.9 Å². The van der Waals surface area contributed by atoms with E-state index in [0.717, 1.165) is 0 Å². The molecule has 0 saturated heterocycles. The van der Waals surface area contributed by atoms with Crippen molar-refractivity contribution in [1.82, 2.24) is 8.69 Å². The Labute approximate surface area is 213 Å². The lowest BCUT2D eigenvalue weighted by Crippen LogP contribution is -2.48. The Morgan fingerprint density at radius 2 is 1.84 bits per heavy atom. The Hall–Kier alpha value is -3.88. The van der Waals surface area contributed by atoms with Crippen LogP contribution >= 0.6 is 0 Å². The van der Waals surface area contributed by atoms with Crippen LogP contribution in [0.5, 0.6) is 11.5 Å². The van der Waals surface area contributed by atoms with Crippen molar-refractivity contribution in [3.63, 3.8) is 0 Å². The van der Waals surface area contributed by atoms with Gasteiger partial charge in [0.25, 0.3) is 10.0 Å². The van der Waals surface area contributed by atoms with Crippen LogP contribution in [-0.4, -0.2) is 52.1 Å². The number of nitrogens with zero attached hydrogens (tertiary/aromatic N) is 2. The second kappa shape index (κ2) is 9.88. The van der Waals surface area contributed by atoms with Crippen LogP contribution in [-0.2, 0) is 31.6 Å². The molecule has 0 unspecified atom stereocenters. The number of carbonyl (C=O) groups excluding carboxylic acids is 1. The van der Waals surface area contributed by atoms with Crippen molar-refractivity contribution >= 4 is 37.9 Å². The molecule has 4 rings (SSSR count). The third-order valence-electron chi connectivity index (χ3n) is 5.53. The first kappa shape index (κ1) is 26.2. The molecular formula is C23H23N3O9S2. The lowest BCUT2D eigenvalue weighted by atomic mass is 10.1. The molecule has 0 radical (unpaired) electrons. The molecule has 3 aromatic rings. The van der Waals surface area contributed by atoms with Crippen LogP contribution in [0.25, 0.3) is 11.3 Å². The molecule has 12 nitrogen and oxygen atoms in total. The molecule has 2 heterocycles. The van der Waals surface area contributed by atoms with E-state index in [1.807, 2.05) is 6.92 Å². The maximum Gasteiger partial charge on any atom is 0.352 e. The fraction of sp³-hybridized carbons (Fsp3) is 0.217. The van der Waals surface area contributed by atoms with Crippen LogP contribution in [0, 0.1) is 0 Å². The molecule has 0 saturated carbocycles. The van der Waals surface area contributed by atoms with Gasteiger partial charge in [-0.25, -0.2) is 22.3 Å². The van der Waals surface area contributed by atoms with Crippen LogP contribution in [0.2, 0.25) is 0 Å². The molecule has 14 heteroatoms. The van der Waals surface area contributed by atoms with Gasteiger partial charge in [-0.3, -0.25) is 0 Å². The number of carboxylic acids is 1. The van der Waals surface area contributed by atoms with E-state index in [1.165, 1.54) is 49.6 Å². The zero-order valence-corrected chi connectivity index (χ0v) is 21.4. The molecule has 37 heavy (non-hydrogen) atoms.